The molecule has 37 heavy (non-hydrogen) atoms. The Bertz CT molecular complexity index is 2100. The zero-order valence-electron chi connectivity index (χ0n) is 20.1. The molecule has 2 nitrogen and oxygen atoms in total. The number of pyridine rings is 1. The number of aromatic nitrogens is 2. The molecular formula is C35H22N2. The molecule has 0 spiro atoms. The first kappa shape index (κ1) is 20.3. The third-order valence-electron chi connectivity index (χ3n) is 7.66. The van der Waals surface area contributed by atoms with Crippen molar-refractivity contribution in [3.63, 3.8) is 0 Å². The zero-order valence-corrected chi connectivity index (χ0v) is 20.1. The average molecular weight is 471 g/mol. The molecule has 0 radical (unpaired) electrons. The standard InChI is InChI=1S/C35H22N2/c1-2-11-24-22(10-1)23-12-3-4-14-26(23)33-27(24)15-7-18-31(33)34-29(19-9-21-36-34)30-17-8-16-28-25-13-5-6-20-32(25)37-35(28)30/h1-21,37H. The molecule has 0 bridgehead atoms. The van der Waals surface area contributed by atoms with E-state index in [-0.39, 0.29) is 0 Å². The van der Waals surface area contributed by atoms with E-state index in [2.05, 4.69) is 120 Å². The molecule has 0 atom stereocenters. The fraction of sp³-hybridized carbons (Fsp3) is 0. The first-order chi connectivity index (χ1) is 18.4. The van der Waals surface area contributed by atoms with Crippen molar-refractivity contribution >= 4 is 54.1 Å². The maximum absolute atomic E-state index is 5.01. The molecule has 2 heterocycles. The minimum absolute atomic E-state index is 1.000. The number of H-pyrrole nitrogens is 1. The second kappa shape index (κ2) is 7.78. The first-order valence-corrected chi connectivity index (χ1v) is 12.7. The Morgan fingerprint density at radius 2 is 0.946 bits per heavy atom. The number of nitrogens with zero attached hydrogens (tertiary/aromatic N) is 1. The summed E-state index contributed by atoms with van der Waals surface area (Å²) in [5.74, 6) is 0. The summed E-state index contributed by atoms with van der Waals surface area (Å²) in [5.41, 5.74) is 6.75. The van der Waals surface area contributed by atoms with Crippen molar-refractivity contribution in [2.45, 2.75) is 0 Å². The number of hydrogen-bond donors (Lipinski definition) is 1. The molecule has 2 heteroatoms. The highest BCUT2D eigenvalue weighted by atomic mass is 14.7. The van der Waals surface area contributed by atoms with Crippen LogP contribution in [0.2, 0.25) is 0 Å². The Balaban J connectivity index is 1.50. The van der Waals surface area contributed by atoms with E-state index >= 15 is 0 Å². The van der Waals surface area contributed by atoms with Gasteiger partial charge in [0.2, 0.25) is 0 Å². The van der Waals surface area contributed by atoms with Gasteiger partial charge < -0.3 is 4.98 Å². The summed E-state index contributed by atoms with van der Waals surface area (Å²) in [6.07, 6.45) is 1.91. The second-order valence-electron chi connectivity index (χ2n) is 9.62. The maximum atomic E-state index is 5.01. The third kappa shape index (κ3) is 2.90. The van der Waals surface area contributed by atoms with Crippen LogP contribution in [0.1, 0.15) is 0 Å². The number of benzene rings is 6. The van der Waals surface area contributed by atoms with Crippen LogP contribution in [0.25, 0.3) is 76.5 Å². The van der Waals surface area contributed by atoms with Gasteiger partial charge >= 0.3 is 0 Å². The lowest BCUT2D eigenvalue weighted by molar-refractivity contribution is 1.33. The van der Waals surface area contributed by atoms with Crippen molar-refractivity contribution in [1.82, 2.24) is 9.97 Å². The summed E-state index contributed by atoms with van der Waals surface area (Å²) in [5, 5.41) is 10.1. The molecule has 0 saturated carbocycles. The lowest BCUT2D eigenvalue weighted by Gasteiger charge is -2.16. The van der Waals surface area contributed by atoms with E-state index in [0.717, 1.165) is 27.9 Å². The number of rotatable bonds is 2. The van der Waals surface area contributed by atoms with Gasteiger partial charge in [-0.05, 0) is 44.5 Å². The van der Waals surface area contributed by atoms with Crippen LogP contribution in [0.4, 0.5) is 0 Å². The Kier molecular flexibility index (Phi) is 4.26. The van der Waals surface area contributed by atoms with Gasteiger partial charge in [-0.3, -0.25) is 4.98 Å². The van der Waals surface area contributed by atoms with E-state index < -0.39 is 0 Å². The molecule has 0 aliphatic heterocycles. The topological polar surface area (TPSA) is 28.7 Å². The summed E-state index contributed by atoms with van der Waals surface area (Å²) in [7, 11) is 0. The van der Waals surface area contributed by atoms with E-state index in [9.17, 15) is 0 Å². The highest BCUT2D eigenvalue weighted by Crippen LogP contribution is 2.43. The van der Waals surface area contributed by atoms with Crippen LogP contribution in [0.15, 0.2) is 128 Å². The Hall–Kier alpha value is -4.95. The molecule has 2 aromatic heterocycles. The molecule has 0 saturated heterocycles. The fourth-order valence-corrected chi connectivity index (χ4v) is 6.09. The van der Waals surface area contributed by atoms with Crippen molar-refractivity contribution in [2.24, 2.45) is 0 Å². The molecular weight excluding hydrogens is 448 g/mol. The largest absolute Gasteiger partial charge is 0.354 e. The fourth-order valence-electron chi connectivity index (χ4n) is 6.09. The Morgan fingerprint density at radius 3 is 1.70 bits per heavy atom. The van der Waals surface area contributed by atoms with Crippen molar-refractivity contribution in [2.75, 3.05) is 0 Å². The molecule has 0 amide bonds. The number of para-hydroxylation sites is 2. The molecule has 0 unspecified atom stereocenters. The second-order valence-corrected chi connectivity index (χ2v) is 9.62. The van der Waals surface area contributed by atoms with Gasteiger partial charge in [0.05, 0.1) is 11.2 Å². The number of hydrogen-bond acceptors (Lipinski definition) is 1. The van der Waals surface area contributed by atoms with Crippen LogP contribution in [0, 0.1) is 0 Å². The molecule has 0 aliphatic rings. The molecule has 0 aliphatic carbocycles. The summed E-state index contributed by atoms with van der Waals surface area (Å²) in [6, 6.07) is 43.4. The van der Waals surface area contributed by atoms with Gasteiger partial charge in [0, 0.05) is 39.2 Å². The lowest BCUT2D eigenvalue weighted by Crippen LogP contribution is -1.92. The smallest absolute Gasteiger partial charge is 0.0787 e. The molecule has 172 valence electrons. The van der Waals surface area contributed by atoms with Gasteiger partial charge in [0.15, 0.2) is 0 Å². The van der Waals surface area contributed by atoms with Crippen molar-refractivity contribution in [1.29, 1.82) is 0 Å². The van der Waals surface area contributed by atoms with Crippen molar-refractivity contribution in [3.8, 4) is 22.4 Å². The van der Waals surface area contributed by atoms with Crippen LogP contribution >= 0.6 is 0 Å². The van der Waals surface area contributed by atoms with E-state index in [0.29, 0.717) is 0 Å². The van der Waals surface area contributed by atoms with E-state index in [1.54, 1.807) is 0 Å². The maximum Gasteiger partial charge on any atom is 0.0787 e. The van der Waals surface area contributed by atoms with E-state index in [1.165, 1.54) is 48.7 Å². The van der Waals surface area contributed by atoms with Gasteiger partial charge in [0.1, 0.15) is 0 Å². The lowest BCUT2D eigenvalue weighted by atomic mass is 9.89. The first-order valence-electron chi connectivity index (χ1n) is 12.7. The van der Waals surface area contributed by atoms with Gasteiger partial charge in [-0.15, -0.1) is 0 Å². The summed E-state index contributed by atoms with van der Waals surface area (Å²) >= 11 is 0. The van der Waals surface area contributed by atoms with Crippen molar-refractivity contribution in [3.05, 3.63) is 128 Å². The van der Waals surface area contributed by atoms with Crippen LogP contribution in [-0.4, -0.2) is 9.97 Å². The highest BCUT2D eigenvalue weighted by Gasteiger charge is 2.18. The monoisotopic (exact) mass is 470 g/mol. The van der Waals surface area contributed by atoms with Crippen LogP contribution in [-0.2, 0) is 0 Å². The molecule has 0 fully saturated rings. The van der Waals surface area contributed by atoms with Crippen molar-refractivity contribution < 1.29 is 0 Å². The summed E-state index contributed by atoms with van der Waals surface area (Å²) < 4.78 is 0. The minimum atomic E-state index is 1.000. The third-order valence-corrected chi connectivity index (χ3v) is 7.66. The quantitative estimate of drug-likeness (QED) is 0.250. The Labute approximate surface area is 213 Å². The molecule has 8 aromatic rings. The predicted molar refractivity (Wildman–Crippen MR) is 157 cm³/mol. The normalized spacial score (nSPS) is 11.8. The highest BCUT2D eigenvalue weighted by molar-refractivity contribution is 6.28. The zero-order chi connectivity index (χ0) is 24.3. The molecule has 8 rings (SSSR count). The van der Waals surface area contributed by atoms with Crippen LogP contribution in [0.5, 0.6) is 0 Å². The number of nitrogens with one attached hydrogen (secondary N) is 1. The van der Waals surface area contributed by atoms with Crippen LogP contribution in [0.3, 0.4) is 0 Å². The van der Waals surface area contributed by atoms with E-state index in [1.807, 2.05) is 12.3 Å². The summed E-state index contributed by atoms with van der Waals surface area (Å²) in [4.78, 5) is 8.70. The van der Waals surface area contributed by atoms with E-state index in [4.69, 9.17) is 4.98 Å². The Morgan fingerprint density at radius 1 is 0.405 bits per heavy atom. The van der Waals surface area contributed by atoms with Gasteiger partial charge in [-0.1, -0.05) is 109 Å². The number of aromatic amines is 1. The predicted octanol–water partition coefficient (Wildman–Crippen LogP) is 9.51. The van der Waals surface area contributed by atoms with Gasteiger partial charge in [-0.25, -0.2) is 0 Å². The summed E-state index contributed by atoms with van der Waals surface area (Å²) in [6.45, 7) is 0. The number of fused-ring (bicyclic) bond motifs is 9. The van der Waals surface area contributed by atoms with Gasteiger partial charge in [0.25, 0.3) is 0 Å². The minimum Gasteiger partial charge on any atom is -0.354 e. The van der Waals surface area contributed by atoms with Crippen LogP contribution < -0.4 is 0 Å². The average Bonchev–Trinajstić information content (AvgIpc) is 3.36. The SMILES string of the molecule is c1cnc(-c2cccc3c4ccccc4c4ccccc4c23)c(-c2cccc3c2[nH]c2ccccc23)c1. The molecule has 1 N–H and O–H groups in total. The molecule has 6 aromatic carbocycles. The van der Waals surface area contributed by atoms with Gasteiger partial charge in [-0.2, -0.15) is 0 Å².